The van der Waals surface area contributed by atoms with Crippen molar-refractivity contribution in [2.45, 2.75) is 20.5 Å². The van der Waals surface area contributed by atoms with E-state index in [9.17, 15) is 9.18 Å². The number of nitrogens with zero attached hydrogens (tertiary/aromatic N) is 3. The number of imidazole rings is 1. The molecule has 0 bridgehead atoms. The number of aryl methyl sites for hydroxylation is 1. The number of benzene rings is 3. The molecule has 7 heteroatoms. The third kappa shape index (κ3) is 3.87. The lowest BCUT2D eigenvalue weighted by Crippen LogP contribution is -2.22. The fourth-order valence-corrected chi connectivity index (χ4v) is 5.50. The number of thiazole rings is 1. The predicted octanol–water partition coefficient (Wildman–Crippen LogP) is 5.58. The average Bonchev–Trinajstić information content (AvgIpc) is 3.49. The molecule has 0 aliphatic heterocycles. The average molecular weight is 496 g/mol. The summed E-state index contributed by atoms with van der Waals surface area (Å²) in [6.07, 6.45) is 1.95. The Balaban J connectivity index is 1.29. The van der Waals surface area contributed by atoms with Crippen molar-refractivity contribution in [3.05, 3.63) is 122 Å². The molecular weight excluding hydrogens is 473 g/mol. The summed E-state index contributed by atoms with van der Waals surface area (Å²) >= 11 is 1.41. The van der Waals surface area contributed by atoms with Gasteiger partial charge in [0.1, 0.15) is 18.2 Å². The molecule has 0 atom stereocenters. The van der Waals surface area contributed by atoms with Gasteiger partial charge >= 0.3 is 0 Å². The molecule has 0 spiro atoms. The second-order valence-corrected chi connectivity index (χ2v) is 9.71. The number of ether oxygens (including phenoxy) is 1. The molecule has 0 saturated heterocycles. The third-order valence-electron chi connectivity index (χ3n) is 6.32. The van der Waals surface area contributed by atoms with E-state index in [-0.39, 0.29) is 11.4 Å². The van der Waals surface area contributed by atoms with Crippen LogP contribution in [0.15, 0.2) is 83.7 Å². The van der Waals surface area contributed by atoms with E-state index in [2.05, 4.69) is 29.5 Å². The van der Waals surface area contributed by atoms with Crippen LogP contribution in [0, 0.1) is 19.7 Å². The lowest BCUT2D eigenvalue weighted by molar-refractivity contribution is 0.306. The summed E-state index contributed by atoms with van der Waals surface area (Å²) < 4.78 is 23.5. The zero-order chi connectivity index (χ0) is 24.8. The van der Waals surface area contributed by atoms with Gasteiger partial charge in [0.15, 0.2) is 4.96 Å². The molecular formula is C29H22FN3O2S. The molecule has 0 saturated carbocycles. The maximum Gasteiger partial charge on any atom is 0.274 e. The Morgan fingerprint density at radius 2 is 1.75 bits per heavy atom. The van der Waals surface area contributed by atoms with Crippen LogP contribution in [0.3, 0.4) is 0 Å². The molecule has 0 aliphatic carbocycles. The highest BCUT2D eigenvalue weighted by atomic mass is 32.1. The Morgan fingerprint density at radius 3 is 2.53 bits per heavy atom. The highest BCUT2D eigenvalue weighted by Gasteiger charge is 2.13. The minimum absolute atomic E-state index is 0.0452. The Kier molecular flexibility index (Phi) is 5.42. The first-order valence-corrected chi connectivity index (χ1v) is 12.4. The molecule has 0 aliphatic rings. The van der Waals surface area contributed by atoms with Gasteiger partial charge in [0.2, 0.25) is 0 Å². The molecule has 0 fully saturated rings. The van der Waals surface area contributed by atoms with Gasteiger partial charge < -0.3 is 9.30 Å². The number of aromatic nitrogens is 3. The Labute approximate surface area is 210 Å². The fourth-order valence-electron chi connectivity index (χ4n) is 4.52. The molecule has 0 amide bonds. The monoisotopic (exact) mass is 495 g/mol. The van der Waals surface area contributed by atoms with E-state index in [0.29, 0.717) is 16.1 Å². The molecule has 0 N–H and O–H groups in total. The van der Waals surface area contributed by atoms with Crippen LogP contribution in [0.1, 0.15) is 22.5 Å². The molecule has 5 nitrogen and oxygen atoms in total. The van der Waals surface area contributed by atoms with Crippen LogP contribution >= 0.6 is 11.3 Å². The van der Waals surface area contributed by atoms with Crippen molar-refractivity contribution in [3.63, 3.8) is 0 Å². The van der Waals surface area contributed by atoms with Gasteiger partial charge in [-0.3, -0.25) is 4.79 Å². The maximum atomic E-state index is 13.2. The van der Waals surface area contributed by atoms with E-state index in [4.69, 9.17) is 4.74 Å². The Bertz CT molecular complexity index is 1830. The zero-order valence-electron chi connectivity index (χ0n) is 19.7. The minimum atomic E-state index is -0.258. The van der Waals surface area contributed by atoms with Crippen LogP contribution in [0.5, 0.6) is 5.75 Å². The smallest absolute Gasteiger partial charge is 0.274 e. The summed E-state index contributed by atoms with van der Waals surface area (Å²) in [6.45, 7) is 4.48. The fraction of sp³-hybridized carbons (Fsp3) is 0.103. The van der Waals surface area contributed by atoms with Crippen molar-refractivity contribution >= 4 is 33.4 Å². The number of fused-ring (bicyclic) bond motifs is 3. The number of hydrogen-bond acceptors (Lipinski definition) is 4. The summed E-state index contributed by atoms with van der Waals surface area (Å²) in [5, 5.41) is 0. The van der Waals surface area contributed by atoms with Crippen LogP contribution in [0.4, 0.5) is 4.39 Å². The van der Waals surface area contributed by atoms with E-state index >= 15 is 0 Å². The molecule has 6 aromatic rings. The van der Waals surface area contributed by atoms with Crippen LogP contribution in [-0.4, -0.2) is 14.0 Å². The van der Waals surface area contributed by atoms with Crippen molar-refractivity contribution in [3.8, 4) is 11.4 Å². The molecule has 178 valence electrons. The highest BCUT2D eigenvalue weighted by Crippen LogP contribution is 2.24. The second-order valence-electron chi connectivity index (χ2n) is 8.71. The van der Waals surface area contributed by atoms with Crippen LogP contribution < -0.4 is 14.8 Å². The van der Waals surface area contributed by atoms with Gasteiger partial charge in [0.25, 0.3) is 5.56 Å². The van der Waals surface area contributed by atoms with Gasteiger partial charge in [-0.25, -0.2) is 13.8 Å². The first-order valence-electron chi connectivity index (χ1n) is 11.6. The lowest BCUT2D eigenvalue weighted by atomic mass is 10.2. The molecule has 3 heterocycles. The Morgan fingerprint density at radius 1 is 1.00 bits per heavy atom. The van der Waals surface area contributed by atoms with E-state index in [1.54, 1.807) is 16.5 Å². The normalized spacial score (nSPS) is 12.1. The van der Waals surface area contributed by atoms with Gasteiger partial charge in [-0.15, -0.1) is 0 Å². The van der Waals surface area contributed by atoms with Crippen molar-refractivity contribution < 1.29 is 9.13 Å². The molecule has 0 unspecified atom stereocenters. The zero-order valence-corrected chi connectivity index (χ0v) is 20.6. The third-order valence-corrected chi connectivity index (χ3v) is 7.28. The van der Waals surface area contributed by atoms with E-state index < -0.39 is 0 Å². The van der Waals surface area contributed by atoms with Crippen molar-refractivity contribution in [2.24, 2.45) is 0 Å². The first-order chi connectivity index (χ1) is 17.5. The minimum Gasteiger partial charge on any atom is -0.489 e. The van der Waals surface area contributed by atoms with Crippen LogP contribution in [0.2, 0.25) is 0 Å². The van der Waals surface area contributed by atoms with Gasteiger partial charge in [-0.1, -0.05) is 35.6 Å². The quantitative estimate of drug-likeness (QED) is 0.314. The van der Waals surface area contributed by atoms with Crippen LogP contribution in [-0.2, 0) is 6.61 Å². The maximum absolute atomic E-state index is 13.2. The topological polar surface area (TPSA) is 48.5 Å². The van der Waals surface area contributed by atoms with Crippen molar-refractivity contribution in [1.29, 1.82) is 0 Å². The SMILES string of the molecule is Cc1cc(/C=c2\sc3nc4ccccc4n3c2=O)c(C)n1-c1ccc(OCc2ccc(F)cc2)cc1. The number of halogens is 1. The van der Waals surface area contributed by atoms with Gasteiger partial charge in [0.05, 0.1) is 15.6 Å². The van der Waals surface area contributed by atoms with E-state index in [1.165, 1.54) is 23.5 Å². The first kappa shape index (κ1) is 22.2. The van der Waals surface area contributed by atoms with E-state index in [0.717, 1.165) is 45.0 Å². The number of rotatable bonds is 5. The second kappa shape index (κ2) is 8.77. The lowest BCUT2D eigenvalue weighted by Gasteiger charge is -2.11. The molecule has 36 heavy (non-hydrogen) atoms. The van der Waals surface area contributed by atoms with Gasteiger partial charge in [0, 0.05) is 17.1 Å². The standard InChI is InChI=1S/C29H22FN3O2S/c1-18-15-21(16-27-28(34)33-26-6-4-3-5-25(26)31-29(33)36-27)19(2)32(18)23-11-13-24(14-12-23)35-17-20-7-9-22(30)10-8-20/h3-16H,17H2,1-2H3/b27-16-. The number of hydrogen-bond donors (Lipinski definition) is 0. The summed E-state index contributed by atoms with van der Waals surface area (Å²) in [6, 6.07) is 23.9. The predicted molar refractivity (Wildman–Crippen MR) is 142 cm³/mol. The molecule has 0 radical (unpaired) electrons. The Hall–Kier alpha value is -4.23. The van der Waals surface area contributed by atoms with E-state index in [1.807, 2.05) is 54.6 Å². The summed E-state index contributed by atoms with van der Waals surface area (Å²) in [4.78, 5) is 18.5. The van der Waals surface area contributed by atoms with Gasteiger partial charge in [-0.05, 0) is 85.6 Å². The molecule has 3 aromatic carbocycles. The van der Waals surface area contributed by atoms with Crippen LogP contribution in [0.25, 0.3) is 27.8 Å². The largest absolute Gasteiger partial charge is 0.489 e. The summed E-state index contributed by atoms with van der Waals surface area (Å²) in [5.41, 5.74) is 6.64. The van der Waals surface area contributed by atoms with Gasteiger partial charge in [-0.2, -0.15) is 0 Å². The summed E-state index contributed by atoms with van der Waals surface area (Å²) in [7, 11) is 0. The van der Waals surface area contributed by atoms with Crippen molar-refractivity contribution in [2.75, 3.05) is 0 Å². The molecule has 3 aromatic heterocycles. The highest BCUT2D eigenvalue weighted by molar-refractivity contribution is 7.15. The number of para-hydroxylation sites is 2. The van der Waals surface area contributed by atoms with Crippen molar-refractivity contribution in [1.82, 2.24) is 14.0 Å². The summed E-state index contributed by atoms with van der Waals surface area (Å²) in [5.74, 6) is 0.480. The molecule has 6 rings (SSSR count).